The van der Waals surface area contributed by atoms with E-state index >= 15 is 0 Å². The minimum Gasteiger partial charge on any atom is -0.369 e. The molecule has 7 heteroatoms. The number of nitrogens with zero attached hydrogens (tertiary/aromatic N) is 2. The van der Waals surface area contributed by atoms with Crippen molar-refractivity contribution in [1.82, 2.24) is 5.32 Å². The fourth-order valence-electron chi connectivity index (χ4n) is 2.19. The Bertz CT molecular complexity index is 571. The monoisotopic (exact) mass is 277 g/mol. The van der Waals surface area contributed by atoms with Crippen molar-refractivity contribution in [2.75, 3.05) is 24.5 Å². The van der Waals surface area contributed by atoms with E-state index in [4.69, 9.17) is 0 Å². The maximum Gasteiger partial charge on any atom is 0.282 e. The Morgan fingerprint density at radius 3 is 2.80 bits per heavy atom. The molecule has 1 heterocycles. The lowest BCUT2D eigenvalue weighted by Gasteiger charge is -2.21. The van der Waals surface area contributed by atoms with Crippen molar-refractivity contribution >= 4 is 23.1 Å². The number of hydrogen-bond acceptors (Lipinski definition) is 5. The Balaban J connectivity index is 2.33. The molecule has 0 aromatic heterocycles. The van der Waals surface area contributed by atoms with E-state index in [1.807, 2.05) is 4.90 Å². The molecule has 0 bridgehead atoms. The van der Waals surface area contributed by atoms with E-state index in [2.05, 4.69) is 5.32 Å². The molecule has 0 atom stereocenters. The van der Waals surface area contributed by atoms with E-state index in [1.54, 1.807) is 6.07 Å². The highest BCUT2D eigenvalue weighted by Crippen LogP contribution is 2.26. The number of hydrogen-bond donors (Lipinski definition) is 1. The van der Waals surface area contributed by atoms with E-state index in [-0.39, 0.29) is 22.9 Å². The Kier molecular flexibility index (Phi) is 3.97. The first-order valence-corrected chi connectivity index (χ1v) is 6.30. The van der Waals surface area contributed by atoms with Gasteiger partial charge in [0.2, 0.25) is 5.91 Å². The number of carbonyl (C=O) groups is 2. The quantitative estimate of drug-likeness (QED) is 0.508. The molecule has 20 heavy (non-hydrogen) atoms. The molecule has 1 saturated heterocycles. The summed E-state index contributed by atoms with van der Waals surface area (Å²) in [6, 6.07) is 4.54. The molecule has 2 rings (SSSR count). The molecule has 1 aromatic carbocycles. The van der Waals surface area contributed by atoms with Crippen LogP contribution in [0.15, 0.2) is 18.2 Å². The van der Waals surface area contributed by atoms with Crippen LogP contribution in [0, 0.1) is 10.1 Å². The Hall–Kier alpha value is -2.44. The zero-order valence-corrected chi connectivity index (χ0v) is 11.1. The highest BCUT2D eigenvalue weighted by molar-refractivity contribution is 5.98. The molecule has 106 valence electrons. The van der Waals surface area contributed by atoms with Crippen LogP contribution < -0.4 is 10.2 Å². The van der Waals surface area contributed by atoms with Gasteiger partial charge in [0.15, 0.2) is 5.78 Å². The first kappa shape index (κ1) is 14.0. The van der Waals surface area contributed by atoms with Crippen molar-refractivity contribution in [3.63, 3.8) is 0 Å². The van der Waals surface area contributed by atoms with Gasteiger partial charge in [-0.3, -0.25) is 19.7 Å². The topological polar surface area (TPSA) is 92.6 Å². The second-order valence-electron chi connectivity index (χ2n) is 4.60. The number of benzene rings is 1. The molecule has 1 aliphatic heterocycles. The largest absolute Gasteiger partial charge is 0.369 e. The SMILES string of the molecule is CC(=O)c1ccc(N2CCNC(=O)CC2)cc1[N+](=O)[O-]. The molecule has 1 aromatic rings. The lowest BCUT2D eigenvalue weighted by molar-refractivity contribution is -0.385. The summed E-state index contributed by atoms with van der Waals surface area (Å²) in [6.45, 7) is 2.89. The van der Waals surface area contributed by atoms with Crippen LogP contribution in [-0.2, 0) is 4.79 Å². The fourth-order valence-corrected chi connectivity index (χ4v) is 2.19. The molecule has 7 nitrogen and oxygen atoms in total. The minimum atomic E-state index is -0.554. The molecule has 0 aliphatic carbocycles. The summed E-state index contributed by atoms with van der Waals surface area (Å²) in [5.41, 5.74) is 0.555. The third-order valence-corrected chi connectivity index (χ3v) is 3.24. The molecule has 1 N–H and O–H groups in total. The Morgan fingerprint density at radius 1 is 1.40 bits per heavy atom. The number of nitro groups is 1. The second-order valence-corrected chi connectivity index (χ2v) is 4.60. The van der Waals surface area contributed by atoms with Crippen molar-refractivity contribution in [2.24, 2.45) is 0 Å². The minimum absolute atomic E-state index is 0.0256. The summed E-state index contributed by atoms with van der Waals surface area (Å²) in [6.07, 6.45) is 0.349. The summed E-state index contributed by atoms with van der Waals surface area (Å²) in [5.74, 6) is -0.363. The average molecular weight is 277 g/mol. The molecule has 0 radical (unpaired) electrons. The summed E-state index contributed by atoms with van der Waals surface area (Å²) in [4.78, 5) is 35.1. The number of ketones is 1. The Morgan fingerprint density at radius 2 is 2.15 bits per heavy atom. The number of nitro benzene ring substituents is 1. The van der Waals surface area contributed by atoms with Crippen LogP contribution in [0.2, 0.25) is 0 Å². The van der Waals surface area contributed by atoms with Gasteiger partial charge in [-0.2, -0.15) is 0 Å². The van der Waals surface area contributed by atoms with Crippen molar-refractivity contribution in [3.8, 4) is 0 Å². The number of carbonyl (C=O) groups excluding carboxylic acids is 2. The van der Waals surface area contributed by atoms with Crippen LogP contribution in [0.1, 0.15) is 23.7 Å². The van der Waals surface area contributed by atoms with Gasteiger partial charge in [0.25, 0.3) is 5.69 Å². The van der Waals surface area contributed by atoms with Crippen molar-refractivity contribution < 1.29 is 14.5 Å². The summed E-state index contributed by atoms with van der Waals surface area (Å²) in [7, 11) is 0. The number of amides is 1. The molecule has 1 amide bonds. The molecular formula is C13H15N3O4. The summed E-state index contributed by atoms with van der Waals surface area (Å²) >= 11 is 0. The molecule has 1 aliphatic rings. The zero-order chi connectivity index (χ0) is 14.7. The third kappa shape index (κ3) is 2.93. The first-order valence-electron chi connectivity index (χ1n) is 6.30. The molecule has 1 fully saturated rings. The number of nitrogens with one attached hydrogen (secondary N) is 1. The van der Waals surface area contributed by atoms with Crippen LogP contribution in [0.4, 0.5) is 11.4 Å². The predicted molar refractivity (Wildman–Crippen MR) is 72.9 cm³/mol. The van der Waals surface area contributed by atoms with Gasteiger partial charge in [-0.05, 0) is 19.1 Å². The van der Waals surface area contributed by atoms with Crippen LogP contribution in [0.3, 0.4) is 0 Å². The normalized spacial score (nSPS) is 15.4. The highest BCUT2D eigenvalue weighted by Gasteiger charge is 2.21. The van der Waals surface area contributed by atoms with Gasteiger partial charge in [-0.25, -0.2) is 0 Å². The molecule has 0 saturated carbocycles. The third-order valence-electron chi connectivity index (χ3n) is 3.24. The van der Waals surface area contributed by atoms with E-state index in [1.165, 1.54) is 19.1 Å². The van der Waals surface area contributed by atoms with Crippen LogP contribution in [-0.4, -0.2) is 36.2 Å². The van der Waals surface area contributed by atoms with Gasteiger partial charge < -0.3 is 10.2 Å². The maximum atomic E-state index is 11.4. The van der Waals surface area contributed by atoms with Crippen LogP contribution in [0.25, 0.3) is 0 Å². The zero-order valence-electron chi connectivity index (χ0n) is 11.1. The average Bonchev–Trinajstić information content (AvgIpc) is 2.62. The van der Waals surface area contributed by atoms with Crippen molar-refractivity contribution in [3.05, 3.63) is 33.9 Å². The lowest BCUT2D eigenvalue weighted by atomic mass is 10.1. The lowest BCUT2D eigenvalue weighted by Crippen LogP contribution is -2.28. The van der Waals surface area contributed by atoms with Crippen LogP contribution in [0.5, 0.6) is 0 Å². The van der Waals surface area contributed by atoms with Gasteiger partial charge in [-0.15, -0.1) is 0 Å². The van der Waals surface area contributed by atoms with E-state index in [9.17, 15) is 19.7 Å². The Labute approximate surface area is 115 Å². The highest BCUT2D eigenvalue weighted by atomic mass is 16.6. The van der Waals surface area contributed by atoms with Gasteiger partial charge in [-0.1, -0.05) is 0 Å². The first-order chi connectivity index (χ1) is 9.49. The maximum absolute atomic E-state index is 11.4. The number of Topliss-reactive ketones (excluding diaryl/α,β-unsaturated/α-hetero) is 1. The smallest absolute Gasteiger partial charge is 0.282 e. The van der Waals surface area contributed by atoms with Crippen molar-refractivity contribution in [2.45, 2.75) is 13.3 Å². The van der Waals surface area contributed by atoms with E-state index in [0.717, 1.165) is 0 Å². The van der Waals surface area contributed by atoms with E-state index < -0.39 is 4.92 Å². The standard InChI is InChI=1S/C13H15N3O4/c1-9(17)11-3-2-10(8-12(11)16(19)20)15-6-4-13(18)14-5-7-15/h2-3,8H,4-7H2,1H3,(H,14,18). The van der Waals surface area contributed by atoms with Crippen molar-refractivity contribution in [1.29, 1.82) is 0 Å². The van der Waals surface area contributed by atoms with Gasteiger partial charge in [0.05, 0.1) is 10.5 Å². The number of rotatable bonds is 3. The van der Waals surface area contributed by atoms with Gasteiger partial charge in [0, 0.05) is 37.8 Å². The summed E-state index contributed by atoms with van der Waals surface area (Å²) in [5, 5.41) is 13.8. The fraction of sp³-hybridized carbons (Fsp3) is 0.385. The predicted octanol–water partition coefficient (Wildman–Crippen LogP) is 1.12. The molecular weight excluding hydrogens is 262 g/mol. The second kappa shape index (κ2) is 5.68. The molecule has 0 unspecified atom stereocenters. The van der Waals surface area contributed by atoms with Gasteiger partial charge in [0.1, 0.15) is 0 Å². The molecule has 0 spiro atoms. The summed E-state index contributed by atoms with van der Waals surface area (Å²) < 4.78 is 0. The van der Waals surface area contributed by atoms with E-state index in [0.29, 0.717) is 31.7 Å². The van der Waals surface area contributed by atoms with Crippen LogP contribution >= 0.6 is 0 Å². The van der Waals surface area contributed by atoms with Gasteiger partial charge >= 0.3 is 0 Å². The number of anilines is 1.